The SMILES string of the molecule is CP(C)C[C](C)(C)[Ti+3][C]1=CC=CC1.[Cl-].[Cl-].[Cl-]. The first-order chi connectivity index (χ1) is 5.99. The molecule has 0 atom stereocenters. The number of hydrogen-bond donors (Lipinski definition) is 0. The molecule has 1 rings (SSSR count). The summed E-state index contributed by atoms with van der Waals surface area (Å²) in [6, 6.07) is 0. The Kier molecular flexibility index (Phi) is 14.8. The van der Waals surface area contributed by atoms with Crippen LogP contribution >= 0.6 is 7.92 Å². The van der Waals surface area contributed by atoms with Crippen molar-refractivity contribution in [2.45, 2.75) is 24.0 Å². The molecule has 0 saturated carbocycles. The van der Waals surface area contributed by atoms with Gasteiger partial charge in [0.2, 0.25) is 0 Å². The second kappa shape index (κ2) is 10.4. The van der Waals surface area contributed by atoms with E-state index in [2.05, 4.69) is 45.4 Å². The normalized spacial score (nSPS) is 13.2. The third-order valence-corrected chi connectivity index (χ3v) is 6.28. The Morgan fingerprint density at radius 1 is 1.25 bits per heavy atom. The zero-order chi connectivity index (χ0) is 9.90. The summed E-state index contributed by atoms with van der Waals surface area (Å²) in [7, 11) is 0.275. The molecule has 0 spiro atoms. The first kappa shape index (κ1) is 22.7. The molecule has 0 saturated heterocycles. The average molecular weight is 336 g/mol. The van der Waals surface area contributed by atoms with Gasteiger partial charge in [-0.1, -0.05) is 0 Å². The first-order valence-corrected chi connectivity index (χ1v) is 8.76. The summed E-state index contributed by atoms with van der Waals surface area (Å²) in [5, 5.41) is 0. The Labute approximate surface area is 129 Å². The van der Waals surface area contributed by atoms with E-state index in [0.717, 1.165) is 0 Å². The standard InChI is InChI=1S/C6H14P.C5H5.3ClH.Ti/c1-6(2)5-7(3)4;1-2-4-5-3-1;;;;/h5H2,1-4H3;1-3H,4H2;3*1H;/q;;;;;+3/p-3. The fourth-order valence-corrected chi connectivity index (χ4v) is 7.30. The fourth-order valence-electron chi connectivity index (χ4n) is 1.80. The molecule has 0 N–H and O–H groups in total. The Morgan fingerprint density at radius 2 is 1.81 bits per heavy atom. The molecule has 1 aliphatic carbocycles. The number of allylic oxidation sites excluding steroid dienone is 4. The monoisotopic (exact) mass is 335 g/mol. The molecule has 16 heavy (non-hydrogen) atoms. The molecule has 0 unspecified atom stereocenters. The molecular weight excluding hydrogens is 317 g/mol. The van der Waals surface area contributed by atoms with Gasteiger partial charge in [0.1, 0.15) is 0 Å². The van der Waals surface area contributed by atoms with Gasteiger partial charge in [0.05, 0.1) is 0 Å². The van der Waals surface area contributed by atoms with Crippen molar-refractivity contribution < 1.29 is 56.4 Å². The molecule has 0 fully saturated rings. The fraction of sp³-hybridized carbons (Fsp3) is 0.636. The Hall–Kier alpha value is 1.49. The smallest absolute Gasteiger partial charge is 1.00 e. The van der Waals surface area contributed by atoms with Crippen LogP contribution in [0.15, 0.2) is 22.1 Å². The molecule has 0 aromatic rings. The predicted octanol–water partition coefficient (Wildman–Crippen LogP) is -5.14. The van der Waals surface area contributed by atoms with Crippen LogP contribution in [0.1, 0.15) is 20.3 Å². The van der Waals surface area contributed by atoms with Gasteiger partial charge in [0.15, 0.2) is 0 Å². The Morgan fingerprint density at radius 3 is 2.19 bits per heavy atom. The Bertz CT molecular complexity index is 237. The van der Waals surface area contributed by atoms with Gasteiger partial charge in [-0.15, -0.1) is 0 Å². The largest absolute Gasteiger partial charge is 1.00 e. The summed E-state index contributed by atoms with van der Waals surface area (Å²) in [6.07, 6.45) is 9.54. The van der Waals surface area contributed by atoms with Crippen LogP contribution in [0.4, 0.5) is 0 Å². The van der Waals surface area contributed by atoms with Crippen LogP contribution < -0.4 is 37.2 Å². The van der Waals surface area contributed by atoms with E-state index >= 15 is 0 Å². The summed E-state index contributed by atoms with van der Waals surface area (Å²) in [5.41, 5.74) is 0. The molecular formula is C11H19Cl3PTi. The van der Waals surface area contributed by atoms with Crippen LogP contribution in [-0.2, 0) is 19.2 Å². The van der Waals surface area contributed by atoms with Gasteiger partial charge in [-0.05, 0) is 0 Å². The summed E-state index contributed by atoms with van der Waals surface area (Å²) >= 11 is 0.117. The molecule has 0 heterocycles. The van der Waals surface area contributed by atoms with E-state index in [1.54, 1.807) is 3.88 Å². The molecule has 5 heteroatoms. The predicted molar refractivity (Wildman–Crippen MR) is 59.5 cm³/mol. The summed E-state index contributed by atoms with van der Waals surface area (Å²) < 4.78 is 2.37. The van der Waals surface area contributed by atoms with Gasteiger partial charge < -0.3 is 37.2 Å². The second-order valence-electron chi connectivity index (χ2n) is 4.57. The number of halogens is 3. The molecule has 0 amide bonds. The molecule has 0 nitrogen and oxygen atoms in total. The van der Waals surface area contributed by atoms with Gasteiger partial charge >= 0.3 is 92.7 Å². The van der Waals surface area contributed by atoms with Crippen LogP contribution in [0.25, 0.3) is 0 Å². The molecule has 93 valence electrons. The molecule has 0 aromatic carbocycles. The summed E-state index contributed by atoms with van der Waals surface area (Å²) in [5.74, 6) is 0. The van der Waals surface area contributed by atoms with Gasteiger partial charge in [0.25, 0.3) is 0 Å². The van der Waals surface area contributed by atoms with Crippen molar-refractivity contribution in [2.75, 3.05) is 19.5 Å². The van der Waals surface area contributed by atoms with Gasteiger partial charge in [-0.3, -0.25) is 0 Å². The maximum atomic E-state index is 2.45. The van der Waals surface area contributed by atoms with Gasteiger partial charge in [-0.25, -0.2) is 0 Å². The van der Waals surface area contributed by atoms with Crippen molar-refractivity contribution in [3.63, 3.8) is 0 Å². The van der Waals surface area contributed by atoms with Crippen LogP contribution in [0.3, 0.4) is 0 Å². The first-order valence-electron chi connectivity index (χ1n) is 4.78. The van der Waals surface area contributed by atoms with Crippen LogP contribution in [0.2, 0.25) is 3.72 Å². The van der Waals surface area contributed by atoms with Crippen LogP contribution in [0, 0.1) is 0 Å². The molecule has 0 aromatic heterocycles. The van der Waals surface area contributed by atoms with Crippen molar-refractivity contribution in [3.8, 4) is 0 Å². The van der Waals surface area contributed by atoms with Crippen molar-refractivity contribution >= 4 is 7.92 Å². The van der Waals surface area contributed by atoms with E-state index in [0.29, 0.717) is 3.72 Å². The van der Waals surface area contributed by atoms with Crippen molar-refractivity contribution in [3.05, 3.63) is 22.1 Å². The second-order valence-corrected chi connectivity index (χ2v) is 10.6. The van der Waals surface area contributed by atoms with E-state index in [-0.39, 0.29) is 64.3 Å². The van der Waals surface area contributed by atoms with Crippen molar-refractivity contribution in [1.29, 1.82) is 0 Å². The van der Waals surface area contributed by atoms with E-state index in [4.69, 9.17) is 0 Å². The van der Waals surface area contributed by atoms with Crippen molar-refractivity contribution in [1.82, 2.24) is 0 Å². The van der Waals surface area contributed by atoms with Crippen LogP contribution in [-0.4, -0.2) is 19.5 Å². The zero-order valence-electron chi connectivity index (χ0n) is 10.2. The maximum absolute atomic E-state index is 2.45. The number of hydrogen-bond acceptors (Lipinski definition) is 0. The number of rotatable bonds is 4. The third kappa shape index (κ3) is 9.52. The summed E-state index contributed by atoms with van der Waals surface area (Å²) in [6.45, 7) is 9.69. The van der Waals surface area contributed by atoms with E-state index in [9.17, 15) is 0 Å². The van der Waals surface area contributed by atoms with Gasteiger partial charge in [0, 0.05) is 0 Å². The maximum Gasteiger partial charge on any atom is -1.00 e. The molecule has 0 bridgehead atoms. The quantitative estimate of drug-likeness (QED) is 0.356. The minimum atomic E-state index is 0. The van der Waals surface area contributed by atoms with E-state index < -0.39 is 0 Å². The summed E-state index contributed by atoms with van der Waals surface area (Å²) in [4.78, 5) is 0. The van der Waals surface area contributed by atoms with E-state index in [1.807, 2.05) is 0 Å². The molecule has 1 aliphatic rings. The zero-order valence-corrected chi connectivity index (χ0v) is 15.0. The Balaban J connectivity index is -0.000000563. The third-order valence-electron chi connectivity index (χ3n) is 1.98. The van der Waals surface area contributed by atoms with Gasteiger partial charge in [-0.2, -0.15) is 0 Å². The van der Waals surface area contributed by atoms with Crippen molar-refractivity contribution in [2.24, 2.45) is 0 Å². The molecule has 0 aliphatic heterocycles. The topological polar surface area (TPSA) is 0 Å². The van der Waals surface area contributed by atoms with Crippen LogP contribution in [0.5, 0.6) is 0 Å². The minimum absolute atomic E-state index is 0. The van der Waals surface area contributed by atoms with E-state index in [1.165, 1.54) is 12.6 Å². The molecule has 0 radical (unpaired) electrons. The average Bonchev–Trinajstić information content (AvgIpc) is 2.34. The minimum Gasteiger partial charge on any atom is -1.00 e.